The molecule has 2 aliphatic heterocycles. The lowest BCUT2D eigenvalue weighted by Crippen LogP contribution is -2.46. The Kier molecular flexibility index (Phi) is 6.07. The van der Waals surface area contributed by atoms with Crippen molar-refractivity contribution in [3.63, 3.8) is 0 Å². The number of rotatable bonds is 3. The zero-order chi connectivity index (χ0) is 25.3. The predicted octanol–water partition coefficient (Wildman–Crippen LogP) is 4.28. The van der Waals surface area contributed by atoms with Gasteiger partial charge in [0.05, 0.1) is 22.8 Å². The van der Waals surface area contributed by atoms with E-state index in [4.69, 9.17) is 6.57 Å². The number of halogens is 1. The molecule has 3 heterocycles. The van der Waals surface area contributed by atoms with Crippen LogP contribution in [0, 0.1) is 23.7 Å². The Balaban J connectivity index is 1.50. The van der Waals surface area contributed by atoms with Crippen molar-refractivity contribution in [2.75, 3.05) is 31.1 Å². The Morgan fingerprint density at radius 1 is 1.08 bits per heavy atom. The van der Waals surface area contributed by atoms with Gasteiger partial charge in [0.1, 0.15) is 5.82 Å². The van der Waals surface area contributed by atoms with Gasteiger partial charge in [-0.3, -0.25) is 9.78 Å². The number of aromatic nitrogens is 1. The van der Waals surface area contributed by atoms with E-state index in [1.54, 1.807) is 11.0 Å². The van der Waals surface area contributed by atoms with E-state index in [1.807, 2.05) is 36.4 Å². The molecule has 3 aromatic rings. The number of fused-ring (bicyclic) bond motifs is 1. The molecule has 2 saturated heterocycles. The summed E-state index contributed by atoms with van der Waals surface area (Å²) in [6.07, 6.45) is 3.04. The van der Waals surface area contributed by atoms with Gasteiger partial charge in [-0.1, -0.05) is 30.3 Å². The van der Waals surface area contributed by atoms with Gasteiger partial charge >= 0.3 is 0 Å². The normalized spacial score (nSPS) is 18.9. The molecule has 1 amide bonds. The standard InChI is InChI=1S/C28H26FN5O2/c1-31-28(20-5-3-2-4-6-20)11-15-33(16-12-28)25-22-17-21(29)7-8-24(22)32-18-23(25)26(35)34-13-9-27(36,19-30)10-14-34/h2-8,17-18,36H,9-16H2. The number of carbonyl (C=O) groups is 1. The Labute approximate surface area is 209 Å². The van der Waals surface area contributed by atoms with Crippen LogP contribution in [-0.4, -0.2) is 52.7 Å². The second-order valence-electron chi connectivity index (χ2n) is 9.61. The number of piperidine rings is 2. The third-order valence-electron chi connectivity index (χ3n) is 7.55. The number of aliphatic hydroxyl groups is 1. The summed E-state index contributed by atoms with van der Waals surface area (Å²) in [6.45, 7) is 9.50. The first kappa shape index (κ1) is 23.7. The first-order chi connectivity index (χ1) is 17.4. The van der Waals surface area contributed by atoms with Crippen LogP contribution in [0.1, 0.15) is 41.6 Å². The lowest BCUT2D eigenvalue weighted by Gasteiger charge is -2.38. The van der Waals surface area contributed by atoms with Gasteiger partial charge in [0.25, 0.3) is 11.4 Å². The molecular formula is C28H26FN5O2. The first-order valence-corrected chi connectivity index (χ1v) is 12.1. The highest BCUT2D eigenvalue weighted by Gasteiger charge is 2.43. The fraction of sp³-hybridized carbons (Fsp3) is 0.357. The van der Waals surface area contributed by atoms with E-state index in [0.29, 0.717) is 48.1 Å². The van der Waals surface area contributed by atoms with Crippen molar-refractivity contribution >= 4 is 22.5 Å². The molecule has 0 spiro atoms. The summed E-state index contributed by atoms with van der Waals surface area (Å²) in [6, 6.07) is 16.1. The van der Waals surface area contributed by atoms with E-state index in [1.165, 1.54) is 18.3 Å². The SMILES string of the molecule is [C-]#[N+]C1(c2ccccc2)CCN(c2c(C(=O)N3CCC(O)(C#N)CC3)cnc3ccc(F)cc23)CC1. The highest BCUT2D eigenvalue weighted by molar-refractivity contribution is 6.07. The second-order valence-corrected chi connectivity index (χ2v) is 9.61. The van der Waals surface area contributed by atoms with Crippen molar-refractivity contribution in [2.45, 2.75) is 36.8 Å². The molecule has 0 radical (unpaired) electrons. The number of hydrogen-bond acceptors (Lipinski definition) is 5. The number of pyridine rings is 1. The van der Waals surface area contributed by atoms with Crippen molar-refractivity contribution < 1.29 is 14.3 Å². The number of carbonyl (C=O) groups excluding carboxylic acids is 1. The van der Waals surface area contributed by atoms with Crippen LogP contribution in [-0.2, 0) is 5.54 Å². The summed E-state index contributed by atoms with van der Waals surface area (Å²) >= 11 is 0. The van der Waals surface area contributed by atoms with Crippen molar-refractivity contribution in [3.8, 4) is 6.07 Å². The van der Waals surface area contributed by atoms with E-state index in [9.17, 15) is 19.6 Å². The largest absolute Gasteiger partial charge is 0.375 e. The molecule has 1 N–H and O–H groups in total. The molecule has 182 valence electrons. The van der Waals surface area contributed by atoms with Crippen molar-refractivity contribution in [3.05, 3.63) is 83.1 Å². The average molecular weight is 484 g/mol. The summed E-state index contributed by atoms with van der Waals surface area (Å²) in [5.41, 5.74) is 0.510. The number of nitriles is 1. The van der Waals surface area contributed by atoms with Crippen LogP contribution in [0.15, 0.2) is 54.7 Å². The number of likely N-dealkylation sites (tertiary alicyclic amines) is 1. The fourth-order valence-corrected chi connectivity index (χ4v) is 5.32. The molecule has 0 atom stereocenters. The number of nitrogens with zero attached hydrogens (tertiary/aromatic N) is 5. The van der Waals surface area contributed by atoms with Crippen LogP contribution in [0.3, 0.4) is 0 Å². The van der Waals surface area contributed by atoms with Gasteiger partial charge in [-0.15, -0.1) is 0 Å². The minimum absolute atomic E-state index is 0.175. The smallest absolute Gasteiger partial charge is 0.260 e. The summed E-state index contributed by atoms with van der Waals surface area (Å²) in [7, 11) is 0. The Bertz CT molecular complexity index is 1380. The van der Waals surface area contributed by atoms with Crippen LogP contribution >= 0.6 is 0 Å². The minimum atomic E-state index is -1.42. The highest BCUT2D eigenvalue weighted by atomic mass is 19.1. The molecule has 8 heteroatoms. The van der Waals surface area contributed by atoms with Crippen molar-refractivity contribution in [1.82, 2.24) is 9.88 Å². The Morgan fingerprint density at radius 2 is 1.78 bits per heavy atom. The molecule has 0 bridgehead atoms. The molecule has 1 aromatic heterocycles. The van der Waals surface area contributed by atoms with Crippen molar-refractivity contribution in [2.24, 2.45) is 0 Å². The molecule has 7 nitrogen and oxygen atoms in total. The molecule has 5 rings (SSSR count). The zero-order valence-corrected chi connectivity index (χ0v) is 19.8. The number of benzene rings is 2. The zero-order valence-electron chi connectivity index (χ0n) is 19.8. The minimum Gasteiger partial charge on any atom is -0.375 e. The highest BCUT2D eigenvalue weighted by Crippen LogP contribution is 2.41. The van der Waals surface area contributed by atoms with Gasteiger partial charge in [-0.2, -0.15) is 5.26 Å². The van der Waals surface area contributed by atoms with E-state index >= 15 is 0 Å². The van der Waals surface area contributed by atoms with Gasteiger partial charge in [0, 0.05) is 69.0 Å². The van der Waals surface area contributed by atoms with Gasteiger partial charge in [-0.25, -0.2) is 11.0 Å². The van der Waals surface area contributed by atoms with Crippen LogP contribution < -0.4 is 4.90 Å². The second kappa shape index (κ2) is 9.22. The maximum absolute atomic E-state index is 14.4. The number of amides is 1. The summed E-state index contributed by atoms with van der Waals surface area (Å²) in [5.74, 6) is -0.669. The van der Waals surface area contributed by atoms with E-state index < -0.39 is 17.0 Å². The lowest BCUT2D eigenvalue weighted by molar-refractivity contribution is 0.0236. The fourth-order valence-electron chi connectivity index (χ4n) is 5.32. The molecule has 2 aromatic carbocycles. The molecule has 36 heavy (non-hydrogen) atoms. The maximum atomic E-state index is 14.4. The van der Waals surface area contributed by atoms with Gasteiger partial charge < -0.3 is 19.8 Å². The Hall–Kier alpha value is -4.01. The van der Waals surface area contributed by atoms with E-state index in [-0.39, 0.29) is 31.8 Å². The van der Waals surface area contributed by atoms with Gasteiger partial charge in [0.2, 0.25) is 0 Å². The molecular weight excluding hydrogens is 457 g/mol. The maximum Gasteiger partial charge on any atom is 0.260 e. The number of hydrogen-bond donors (Lipinski definition) is 1. The van der Waals surface area contributed by atoms with Crippen LogP contribution in [0.2, 0.25) is 0 Å². The monoisotopic (exact) mass is 483 g/mol. The molecule has 0 aliphatic carbocycles. The third-order valence-corrected chi connectivity index (χ3v) is 7.55. The van der Waals surface area contributed by atoms with Crippen LogP contribution in [0.5, 0.6) is 0 Å². The predicted molar refractivity (Wildman–Crippen MR) is 134 cm³/mol. The van der Waals surface area contributed by atoms with E-state index in [2.05, 4.69) is 14.7 Å². The van der Waals surface area contributed by atoms with E-state index in [0.717, 1.165) is 5.56 Å². The Morgan fingerprint density at radius 3 is 2.42 bits per heavy atom. The molecule has 0 saturated carbocycles. The molecule has 2 aliphatic rings. The number of anilines is 1. The summed E-state index contributed by atoms with van der Waals surface area (Å²) in [5, 5.41) is 20.0. The summed E-state index contributed by atoms with van der Waals surface area (Å²) in [4.78, 5) is 25.8. The molecule has 0 unspecified atom stereocenters. The average Bonchev–Trinajstić information content (AvgIpc) is 2.93. The quantitative estimate of drug-likeness (QED) is 0.444. The topological polar surface area (TPSA) is 84.8 Å². The third kappa shape index (κ3) is 4.14. The molecule has 2 fully saturated rings. The van der Waals surface area contributed by atoms with Gasteiger partial charge in [-0.05, 0) is 18.2 Å². The summed E-state index contributed by atoms with van der Waals surface area (Å²) < 4.78 is 14.4. The van der Waals surface area contributed by atoms with Crippen LogP contribution in [0.25, 0.3) is 15.7 Å². The van der Waals surface area contributed by atoms with Gasteiger partial charge in [0.15, 0.2) is 5.60 Å². The van der Waals surface area contributed by atoms with Crippen LogP contribution in [0.4, 0.5) is 10.1 Å². The first-order valence-electron chi connectivity index (χ1n) is 12.1. The van der Waals surface area contributed by atoms with Crippen molar-refractivity contribution in [1.29, 1.82) is 5.26 Å². The lowest BCUT2D eigenvalue weighted by atomic mass is 9.81.